The zero-order valence-corrected chi connectivity index (χ0v) is 11.0. The third kappa shape index (κ3) is 2.16. The molecule has 2 aromatic rings. The average Bonchev–Trinajstić information content (AvgIpc) is 3.08. The van der Waals surface area contributed by atoms with E-state index in [1.54, 1.807) is 0 Å². The number of alkyl halides is 1. The van der Waals surface area contributed by atoms with Gasteiger partial charge in [-0.15, -0.1) is 11.6 Å². The Bertz CT molecular complexity index is 544. The van der Waals surface area contributed by atoms with Gasteiger partial charge in [0, 0.05) is 23.4 Å². The van der Waals surface area contributed by atoms with E-state index >= 15 is 0 Å². The molecule has 17 heavy (non-hydrogen) atoms. The fourth-order valence-electron chi connectivity index (χ4n) is 2.26. The van der Waals surface area contributed by atoms with Crippen LogP contribution >= 0.6 is 23.2 Å². The van der Waals surface area contributed by atoms with Crippen LogP contribution in [0.1, 0.15) is 31.1 Å². The van der Waals surface area contributed by atoms with Gasteiger partial charge < -0.3 is 4.57 Å². The van der Waals surface area contributed by atoms with E-state index in [-0.39, 0.29) is 0 Å². The van der Waals surface area contributed by atoms with Gasteiger partial charge >= 0.3 is 0 Å². The summed E-state index contributed by atoms with van der Waals surface area (Å²) in [6, 6.07) is 6.55. The van der Waals surface area contributed by atoms with E-state index in [4.69, 9.17) is 28.2 Å². The largest absolute Gasteiger partial charge is 0.325 e. The molecule has 1 heterocycles. The minimum atomic E-state index is 0.629. The van der Waals surface area contributed by atoms with Crippen LogP contribution in [0.2, 0.25) is 5.02 Å². The highest BCUT2D eigenvalue weighted by atomic mass is 35.5. The standard InChI is InChI=1S/C13H14Cl2N2/c14-7-1-2-13-16-11-6-3-9(15)8-12(11)17(13)10-4-5-10/h3,6,8,10H,1-2,4-5,7H2. The van der Waals surface area contributed by atoms with E-state index < -0.39 is 0 Å². The number of aryl methyl sites for hydroxylation is 1. The van der Waals surface area contributed by atoms with Crippen molar-refractivity contribution in [2.45, 2.75) is 31.7 Å². The van der Waals surface area contributed by atoms with Gasteiger partial charge in [-0.3, -0.25) is 0 Å². The van der Waals surface area contributed by atoms with Gasteiger partial charge in [0.05, 0.1) is 11.0 Å². The van der Waals surface area contributed by atoms with E-state index in [9.17, 15) is 0 Å². The smallest absolute Gasteiger partial charge is 0.110 e. The van der Waals surface area contributed by atoms with Crippen molar-refractivity contribution in [2.24, 2.45) is 0 Å². The summed E-state index contributed by atoms with van der Waals surface area (Å²) in [5.74, 6) is 1.85. The summed E-state index contributed by atoms with van der Waals surface area (Å²) in [5, 5.41) is 0.781. The fraction of sp³-hybridized carbons (Fsp3) is 0.462. The second-order valence-electron chi connectivity index (χ2n) is 4.55. The van der Waals surface area contributed by atoms with Crippen LogP contribution in [0.3, 0.4) is 0 Å². The minimum absolute atomic E-state index is 0.629. The number of halogens is 2. The monoisotopic (exact) mass is 268 g/mol. The summed E-state index contributed by atoms with van der Waals surface area (Å²) in [5.41, 5.74) is 2.22. The molecule has 1 aliphatic carbocycles. The topological polar surface area (TPSA) is 17.8 Å². The molecule has 4 heteroatoms. The molecule has 0 radical (unpaired) electrons. The second-order valence-corrected chi connectivity index (χ2v) is 5.37. The Morgan fingerprint density at radius 3 is 2.88 bits per heavy atom. The van der Waals surface area contributed by atoms with Crippen molar-refractivity contribution < 1.29 is 0 Å². The number of nitrogens with zero attached hydrogens (tertiary/aromatic N) is 2. The van der Waals surface area contributed by atoms with E-state index in [2.05, 4.69) is 4.57 Å². The van der Waals surface area contributed by atoms with Crippen LogP contribution < -0.4 is 0 Å². The quantitative estimate of drug-likeness (QED) is 0.761. The van der Waals surface area contributed by atoms with Gasteiger partial charge in [0.15, 0.2) is 0 Å². The van der Waals surface area contributed by atoms with Crippen molar-refractivity contribution in [1.29, 1.82) is 0 Å². The van der Waals surface area contributed by atoms with Crippen molar-refractivity contribution in [3.8, 4) is 0 Å². The molecule has 1 aliphatic rings. The third-order valence-electron chi connectivity index (χ3n) is 3.17. The predicted molar refractivity (Wildman–Crippen MR) is 72.1 cm³/mol. The molecule has 0 unspecified atom stereocenters. The molecule has 1 aromatic carbocycles. The molecule has 0 N–H and O–H groups in total. The first-order valence-corrected chi connectivity index (χ1v) is 6.93. The molecule has 1 saturated carbocycles. The molecule has 0 amide bonds. The SMILES string of the molecule is ClCCCc1nc2ccc(Cl)cc2n1C1CC1. The minimum Gasteiger partial charge on any atom is -0.325 e. The highest BCUT2D eigenvalue weighted by Gasteiger charge is 2.27. The van der Waals surface area contributed by atoms with Gasteiger partial charge in [0.1, 0.15) is 5.82 Å². The van der Waals surface area contributed by atoms with Crippen LogP contribution in [-0.4, -0.2) is 15.4 Å². The van der Waals surface area contributed by atoms with Crippen molar-refractivity contribution in [3.63, 3.8) is 0 Å². The van der Waals surface area contributed by atoms with Crippen LogP contribution in [0.15, 0.2) is 18.2 Å². The van der Waals surface area contributed by atoms with Crippen molar-refractivity contribution >= 4 is 34.2 Å². The molecule has 0 spiro atoms. The Morgan fingerprint density at radius 1 is 1.35 bits per heavy atom. The van der Waals surface area contributed by atoms with Crippen molar-refractivity contribution in [2.75, 3.05) is 5.88 Å². The van der Waals surface area contributed by atoms with Gasteiger partial charge in [-0.1, -0.05) is 11.6 Å². The van der Waals surface area contributed by atoms with Crippen LogP contribution in [0.25, 0.3) is 11.0 Å². The average molecular weight is 269 g/mol. The molecule has 0 saturated heterocycles. The molecule has 90 valence electrons. The molecule has 1 aromatic heterocycles. The van der Waals surface area contributed by atoms with Gasteiger partial charge in [0.25, 0.3) is 0 Å². The molecular weight excluding hydrogens is 255 g/mol. The fourth-order valence-corrected chi connectivity index (χ4v) is 2.56. The number of aromatic nitrogens is 2. The highest BCUT2D eigenvalue weighted by molar-refractivity contribution is 6.31. The lowest BCUT2D eigenvalue weighted by Crippen LogP contribution is -2.02. The highest BCUT2D eigenvalue weighted by Crippen LogP contribution is 2.39. The zero-order valence-electron chi connectivity index (χ0n) is 9.50. The number of rotatable bonds is 4. The first-order valence-electron chi connectivity index (χ1n) is 6.02. The Hall–Kier alpha value is -0.730. The van der Waals surface area contributed by atoms with Crippen molar-refractivity contribution in [1.82, 2.24) is 9.55 Å². The van der Waals surface area contributed by atoms with Crippen LogP contribution in [0, 0.1) is 0 Å². The second kappa shape index (κ2) is 4.51. The summed E-state index contributed by atoms with van der Waals surface area (Å²) >= 11 is 11.8. The lowest BCUT2D eigenvalue weighted by molar-refractivity contribution is 0.687. The number of imidazole rings is 1. The molecule has 0 atom stereocenters. The Labute approximate surface area is 111 Å². The molecule has 3 rings (SSSR count). The van der Waals surface area contributed by atoms with Gasteiger partial charge in [0.2, 0.25) is 0 Å². The molecule has 0 bridgehead atoms. The summed E-state index contributed by atoms with van der Waals surface area (Å²) in [7, 11) is 0. The maximum atomic E-state index is 6.07. The summed E-state index contributed by atoms with van der Waals surface area (Å²) in [4.78, 5) is 4.70. The number of hydrogen-bond acceptors (Lipinski definition) is 1. The number of benzene rings is 1. The molecule has 0 aliphatic heterocycles. The number of hydrogen-bond donors (Lipinski definition) is 0. The van der Waals surface area contributed by atoms with Crippen LogP contribution in [-0.2, 0) is 6.42 Å². The molecular formula is C13H14Cl2N2. The van der Waals surface area contributed by atoms with Gasteiger partial charge in [-0.2, -0.15) is 0 Å². The maximum absolute atomic E-state index is 6.07. The zero-order chi connectivity index (χ0) is 11.8. The third-order valence-corrected chi connectivity index (χ3v) is 3.67. The predicted octanol–water partition coefficient (Wildman–Crippen LogP) is 4.20. The first-order chi connectivity index (χ1) is 8.29. The first kappa shape index (κ1) is 11.4. The van der Waals surface area contributed by atoms with Crippen LogP contribution in [0.4, 0.5) is 0 Å². The molecule has 2 nitrogen and oxygen atoms in total. The Morgan fingerprint density at radius 2 is 2.18 bits per heavy atom. The van der Waals surface area contributed by atoms with Gasteiger partial charge in [-0.25, -0.2) is 4.98 Å². The summed E-state index contributed by atoms with van der Waals surface area (Å²) in [6.45, 7) is 0. The molecule has 1 fully saturated rings. The van der Waals surface area contributed by atoms with E-state index in [1.807, 2.05) is 18.2 Å². The van der Waals surface area contributed by atoms with E-state index in [0.717, 1.165) is 29.2 Å². The van der Waals surface area contributed by atoms with Crippen LogP contribution in [0.5, 0.6) is 0 Å². The maximum Gasteiger partial charge on any atom is 0.110 e. The lowest BCUT2D eigenvalue weighted by Gasteiger charge is -2.06. The Balaban J connectivity index is 2.10. The van der Waals surface area contributed by atoms with E-state index in [0.29, 0.717) is 11.9 Å². The number of fused-ring (bicyclic) bond motifs is 1. The van der Waals surface area contributed by atoms with Crippen molar-refractivity contribution in [3.05, 3.63) is 29.0 Å². The lowest BCUT2D eigenvalue weighted by atomic mass is 10.3. The summed E-state index contributed by atoms with van der Waals surface area (Å²) < 4.78 is 2.35. The van der Waals surface area contributed by atoms with E-state index in [1.165, 1.54) is 18.4 Å². The normalized spacial score (nSPS) is 15.6. The van der Waals surface area contributed by atoms with Gasteiger partial charge in [-0.05, 0) is 37.5 Å². The summed E-state index contributed by atoms with van der Waals surface area (Å²) in [6.07, 6.45) is 4.44. The Kier molecular flexibility index (Phi) is 3.01.